The van der Waals surface area contributed by atoms with Gasteiger partial charge in [-0.25, -0.2) is 4.79 Å². The summed E-state index contributed by atoms with van der Waals surface area (Å²) in [5.74, 6) is -5.43. The van der Waals surface area contributed by atoms with Crippen molar-refractivity contribution in [1.82, 2.24) is 16.0 Å². The van der Waals surface area contributed by atoms with Crippen molar-refractivity contribution in [2.75, 3.05) is 6.54 Å². The van der Waals surface area contributed by atoms with Crippen LogP contribution in [0.5, 0.6) is 0 Å². The molecule has 0 aromatic rings. The molecule has 0 radical (unpaired) electrons. The van der Waals surface area contributed by atoms with Crippen LogP contribution in [-0.4, -0.2) is 75.8 Å². The number of nitrogens with one attached hydrogen (secondary N) is 3. The molecule has 0 saturated carbocycles. The Morgan fingerprint density at radius 3 is 1.86 bits per heavy atom. The lowest BCUT2D eigenvalue weighted by atomic mass is 10.0. The molecular weight excluding hydrogens is 376 g/mol. The number of nitrogens with two attached hydrogens (primary N) is 1. The van der Waals surface area contributed by atoms with E-state index in [1.165, 1.54) is 0 Å². The first kappa shape index (κ1) is 25.3. The van der Waals surface area contributed by atoms with Gasteiger partial charge in [0.25, 0.3) is 0 Å². The molecule has 12 heteroatoms. The molecule has 0 saturated heterocycles. The summed E-state index contributed by atoms with van der Waals surface area (Å²) in [6.45, 7) is 4.08. The van der Waals surface area contributed by atoms with Gasteiger partial charge in [0, 0.05) is 6.42 Å². The van der Waals surface area contributed by atoms with Gasteiger partial charge < -0.3 is 37.0 Å². The zero-order chi connectivity index (χ0) is 22.0. The maximum Gasteiger partial charge on any atom is 0.328 e. The Kier molecular flexibility index (Phi) is 10.7. The molecule has 0 aliphatic carbocycles. The van der Waals surface area contributed by atoms with Crippen molar-refractivity contribution in [2.24, 2.45) is 11.7 Å². The molecule has 12 nitrogen and oxygen atoms in total. The second-order valence-electron chi connectivity index (χ2n) is 6.55. The molecule has 0 aliphatic rings. The third kappa shape index (κ3) is 8.77. The standard InChI is InChI=1S/C16H28N4O8/c1-7(2)12(19-10(22)6-17)15(26)18-9(4-5-11(23)24)14(25)20-13(8(3)21)16(27)28/h7-9,12-13,21H,4-6,17H2,1-3H3,(H,18,26)(H,19,22)(H,20,25)(H,23,24)(H,27,28). The lowest BCUT2D eigenvalue weighted by molar-refractivity contribution is -0.145. The highest BCUT2D eigenvalue weighted by atomic mass is 16.4. The van der Waals surface area contributed by atoms with E-state index in [9.17, 15) is 29.1 Å². The fraction of sp³-hybridized carbons (Fsp3) is 0.688. The lowest BCUT2D eigenvalue weighted by Crippen LogP contribution is -2.58. The first-order chi connectivity index (χ1) is 12.9. The molecule has 0 heterocycles. The minimum atomic E-state index is -1.64. The van der Waals surface area contributed by atoms with Crippen molar-refractivity contribution in [3.05, 3.63) is 0 Å². The van der Waals surface area contributed by atoms with Crippen LogP contribution >= 0.6 is 0 Å². The van der Waals surface area contributed by atoms with Crippen molar-refractivity contribution in [3.63, 3.8) is 0 Å². The van der Waals surface area contributed by atoms with Gasteiger partial charge in [-0.05, 0) is 19.3 Å². The normalized spacial score (nSPS) is 15.1. The Hall–Kier alpha value is -2.73. The van der Waals surface area contributed by atoms with E-state index in [1.807, 2.05) is 0 Å². The number of aliphatic carboxylic acids is 2. The van der Waals surface area contributed by atoms with Gasteiger partial charge in [-0.3, -0.25) is 19.2 Å². The van der Waals surface area contributed by atoms with Crippen molar-refractivity contribution in [1.29, 1.82) is 0 Å². The SMILES string of the molecule is CC(C)C(NC(=O)CN)C(=O)NC(CCC(=O)O)C(=O)NC(C(=O)O)C(C)O. The number of rotatable bonds is 12. The highest BCUT2D eigenvalue weighted by Crippen LogP contribution is 2.06. The van der Waals surface area contributed by atoms with Crippen LogP contribution in [0, 0.1) is 5.92 Å². The molecule has 160 valence electrons. The van der Waals surface area contributed by atoms with Gasteiger partial charge in [-0.1, -0.05) is 13.8 Å². The fourth-order valence-corrected chi connectivity index (χ4v) is 2.21. The summed E-state index contributed by atoms with van der Waals surface area (Å²) in [5.41, 5.74) is 5.21. The number of aliphatic hydroxyl groups excluding tert-OH is 1. The van der Waals surface area contributed by atoms with Crippen molar-refractivity contribution >= 4 is 29.7 Å². The van der Waals surface area contributed by atoms with E-state index in [2.05, 4.69) is 16.0 Å². The summed E-state index contributed by atoms with van der Waals surface area (Å²) >= 11 is 0. The zero-order valence-corrected chi connectivity index (χ0v) is 16.0. The van der Waals surface area contributed by atoms with E-state index >= 15 is 0 Å². The number of carbonyl (C=O) groups excluding carboxylic acids is 3. The number of hydrogen-bond acceptors (Lipinski definition) is 7. The van der Waals surface area contributed by atoms with Crippen molar-refractivity contribution < 1.29 is 39.3 Å². The molecule has 4 atom stereocenters. The maximum absolute atomic E-state index is 12.5. The topological polar surface area (TPSA) is 208 Å². The number of aliphatic hydroxyl groups is 1. The van der Waals surface area contributed by atoms with Gasteiger partial charge >= 0.3 is 11.9 Å². The number of carboxylic acid groups (broad SMARTS) is 2. The van der Waals surface area contributed by atoms with E-state index in [0.29, 0.717) is 0 Å². The van der Waals surface area contributed by atoms with E-state index < -0.39 is 60.3 Å². The quantitative estimate of drug-likeness (QED) is 0.181. The van der Waals surface area contributed by atoms with Gasteiger partial charge in [0.2, 0.25) is 17.7 Å². The van der Waals surface area contributed by atoms with E-state index in [1.54, 1.807) is 13.8 Å². The number of carboxylic acids is 2. The fourth-order valence-electron chi connectivity index (χ4n) is 2.21. The first-order valence-electron chi connectivity index (χ1n) is 8.63. The largest absolute Gasteiger partial charge is 0.481 e. The van der Waals surface area contributed by atoms with Gasteiger partial charge in [-0.15, -0.1) is 0 Å². The van der Waals surface area contributed by atoms with Crippen molar-refractivity contribution in [2.45, 2.75) is 57.8 Å². The van der Waals surface area contributed by atoms with Crippen LogP contribution in [0.2, 0.25) is 0 Å². The molecule has 0 bridgehead atoms. The highest BCUT2D eigenvalue weighted by molar-refractivity contribution is 5.94. The van der Waals surface area contributed by atoms with Gasteiger partial charge in [-0.2, -0.15) is 0 Å². The van der Waals surface area contributed by atoms with Crippen LogP contribution in [0.4, 0.5) is 0 Å². The third-order valence-electron chi connectivity index (χ3n) is 3.78. The summed E-state index contributed by atoms with van der Waals surface area (Å²) in [6, 6.07) is -4.07. The third-order valence-corrected chi connectivity index (χ3v) is 3.78. The van der Waals surface area contributed by atoms with Crippen LogP contribution in [0.25, 0.3) is 0 Å². The van der Waals surface area contributed by atoms with E-state index in [-0.39, 0.29) is 18.9 Å². The second-order valence-corrected chi connectivity index (χ2v) is 6.55. The smallest absolute Gasteiger partial charge is 0.328 e. The summed E-state index contributed by atoms with van der Waals surface area (Å²) in [7, 11) is 0. The summed E-state index contributed by atoms with van der Waals surface area (Å²) in [5, 5.41) is 34.1. The van der Waals surface area contributed by atoms with Crippen LogP contribution in [-0.2, 0) is 24.0 Å². The van der Waals surface area contributed by atoms with Crippen molar-refractivity contribution in [3.8, 4) is 0 Å². The Bertz CT molecular complexity index is 593. The number of hydrogen-bond donors (Lipinski definition) is 7. The number of amides is 3. The molecule has 0 rings (SSSR count). The molecule has 3 amide bonds. The predicted octanol–water partition coefficient (Wildman–Crippen LogP) is -2.61. The molecule has 0 fully saturated rings. The molecule has 0 spiro atoms. The predicted molar refractivity (Wildman–Crippen MR) is 95.9 cm³/mol. The molecule has 0 aromatic carbocycles. The molecule has 0 aliphatic heterocycles. The van der Waals surface area contributed by atoms with Gasteiger partial charge in [0.15, 0.2) is 6.04 Å². The molecule has 28 heavy (non-hydrogen) atoms. The summed E-state index contributed by atoms with van der Waals surface area (Å²) in [6.07, 6.45) is -2.23. The monoisotopic (exact) mass is 404 g/mol. The summed E-state index contributed by atoms with van der Waals surface area (Å²) < 4.78 is 0. The Morgan fingerprint density at radius 1 is 0.893 bits per heavy atom. The molecule has 8 N–H and O–H groups in total. The van der Waals surface area contributed by atoms with E-state index in [4.69, 9.17) is 15.9 Å². The van der Waals surface area contributed by atoms with Gasteiger partial charge in [0.1, 0.15) is 12.1 Å². The number of carbonyl (C=O) groups is 5. The molecule has 4 unspecified atom stereocenters. The Morgan fingerprint density at radius 2 is 1.46 bits per heavy atom. The minimum absolute atomic E-state index is 0.325. The first-order valence-corrected chi connectivity index (χ1v) is 8.63. The van der Waals surface area contributed by atoms with Crippen LogP contribution in [0.15, 0.2) is 0 Å². The van der Waals surface area contributed by atoms with Crippen LogP contribution in [0.1, 0.15) is 33.6 Å². The molecule has 0 aromatic heterocycles. The Labute approximate surface area is 161 Å². The lowest BCUT2D eigenvalue weighted by Gasteiger charge is -2.26. The van der Waals surface area contributed by atoms with Crippen LogP contribution < -0.4 is 21.7 Å². The second kappa shape index (κ2) is 11.9. The average Bonchev–Trinajstić information content (AvgIpc) is 2.59. The minimum Gasteiger partial charge on any atom is -0.481 e. The Balaban J connectivity index is 5.38. The zero-order valence-electron chi connectivity index (χ0n) is 16.0. The van der Waals surface area contributed by atoms with Gasteiger partial charge in [0.05, 0.1) is 12.6 Å². The highest BCUT2D eigenvalue weighted by Gasteiger charge is 2.32. The van der Waals surface area contributed by atoms with Crippen LogP contribution in [0.3, 0.4) is 0 Å². The molecular formula is C16H28N4O8. The average molecular weight is 404 g/mol. The maximum atomic E-state index is 12.5. The van der Waals surface area contributed by atoms with E-state index in [0.717, 1.165) is 6.92 Å². The summed E-state index contributed by atoms with van der Waals surface area (Å²) in [4.78, 5) is 58.3.